The lowest BCUT2D eigenvalue weighted by atomic mass is 9.49. The quantitative estimate of drug-likeness (QED) is 0.763. The summed E-state index contributed by atoms with van der Waals surface area (Å²) in [6.45, 7) is 2.99. The van der Waals surface area contributed by atoms with Crippen LogP contribution >= 0.6 is 15.9 Å². The average molecular weight is 328 g/mol. The molecule has 19 heavy (non-hydrogen) atoms. The minimum Gasteiger partial charge on any atom is -0.354 e. The van der Waals surface area contributed by atoms with E-state index >= 15 is 0 Å². The van der Waals surface area contributed by atoms with E-state index in [0.29, 0.717) is 10.7 Å². The smallest absolute Gasteiger partial charge is 0.226 e. The second kappa shape index (κ2) is 5.38. The fourth-order valence-corrected chi connectivity index (χ4v) is 5.81. The van der Waals surface area contributed by atoms with Crippen LogP contribution in [-0.2, 0) is 4.79 Å². The van der Waals surface area contributed by atoms with Crippen molar-refractivity contribution in [3.05, 3.63) is 0 Å². The van der Waals surface area contributed by atoms with Crippen molar-refractivity contribution in [1.82, 2.24) is 5.32 Å². The number of rotatable bonds is 5. The monoisotopic (exact) mass is 327 g/mol. The van der Waals surface area contributed by atoms with Crippen LogP contribution in [-0.4, -0.2) is 17.3 Å². The Morgan fingerprint density at radius 3 is 2.21 bits per heavy atom. The van der Waals surface area contributed by atoms with Crippen molar-refractivity contribution >= 4 is 21.8 Å². The number of carbonyl (C=O) groups excluding carboxylic acids is 1. The van der Waals surface area contributed by atoms with Crippen LogP contribution in [0.3, 0.4) is 0 Å². The van der Waals surface area contributed by atoms with Gasteiger partial charge < -0.3 is 5.32 Å². The summed E-state index contributed by atoms with van der Waals surface area (Å²) in [6, 6.07) is 0. The molecule has 0 spiro atoms. The molecule has 1 amide bonds. The van der Waals surface area contributed by atoms with E-state index < -0.39 is 0 Å². The first-order valence-electron chi connectivity index (χ1n) is 8.03. The van der Waals surface area contributed by atoms with Gasteiger partial charge in [0.2, 0.25) is 5.91 Å². The van der Waals surface area contributed by atoms with Gasteiger partial charge in [0, 0.05) is 16.8 Å². The van der Waals surface area contributed by atoms with Crippen molar-refractivity contribution < 1.29 is 4.79 Å². The summed E-state index contributed by atoms with van der Waals surface area (Å²) in [5.41, 5.74) is 0.0215. The minimum absolute atomic E-state index is 0.0215. The molecule has 1 unspecified atom stereocenters. The third kappa shape index (κ3) is 2.72. The number of amides is 1. The van der Waals surface area contributed by atoms with E-state index in [4.69, 9.17) is 0 Å². The predicted octanol–water partition coefficient (Wildman–Crippen LogP) is 3.88. The first-order chi connectivity index (χ1) is 9.11. The third-order valence-electron chi connectivity index (χ3n) is 5.61. The zero-order chi connectivity index (χ0) is 13.5. The normalized spacial score (nSPS) is 41.3. The molecular formula is C16H26BrNO. The zero-order valence-corrected chi connectivity index (χ0v) is 13.5. The van der Waals surface area contributed by atoms with Crippen molar-refractivity contribution in [1.29, 1.82) is 0 Å². The molecule has 1 atom stereocenters. The number of carbonyl (C=O) groups is 1. The lowest BCUT2D eigenvalue weighted by molar-refractivity contribution is -0.146. The summed E-state index contributed by atoms with van der Waals surface area (Å²) < 4.78 is 0. The predicted molar refractivity (Wildman–Crippen MR) is 81.2 cm³/mol. The molecule has 2 nitrogen and oxygen atoms in total. The van der Waals surface area contributed by atoms with Gasteiger partial charge >= 0.3 is 0 Å². The highest BCUT2D eigenvalue weighted by molar-refractivity contribution is 9.09. The van der Waals surface area contributed by atoms with Crippen molar-refractivity contribution in [2.75, 3.05) is 6.54 Å². The molecule has 4 aliphatic rings. The summed E-state index contributed by atoms with van der Waals surface area (Å²) in [5.74, 6) is 2.93. The molecule has 108 valence electrons. The highest BCUT2D eigenvalue weighted by Crippen LogP contribution is 2.60. The van der Waals surface area contributed by atoms with E-state index in [2.05, 4.69) is 28.2 Å². The Bertz CT molecular complexity index is 319. The largest absolute Gasteiger partial charge is 0.354 e. The second-order valence-corrected chi connectivity index (χ2v) is 8.59. The third-order valence-corrected chi connectivity index (χ3v) is 6.39. The molecule has 0 aliphatic heterocycles. The van der Waals surface area contributed by atoms with Crippen LogP contribution in [0.5, 0.6) is 0 Å². The van der Waals surface area contributed by atoms with Gasteiger partial charge in [-0.25, -0.2) is 0 Å². The molecule has 0 aromatic carbocycles. The molecule has 0 aromatic rings. The van der Waals surface area contributed by atoms with Crippen LogP contribution in [0, 0.1) is 23.2 Å². The van der Waals surface area contributed by atoms with Crippen LogP contribution in [0.15, 0.2) is 0 Å². The summed E-state index contributed by atoms with van der Waals surface area (Å²) in [5, 5.41) is 3.24. The fraction of sp³-hybridized carbons (Fsp3) is 0.938. The highest BCUT2D eigenvalue weighted by Gasteiger charge is 2.54. The van der Waals surface area contributed by atoms with E-state index in [9.17, 15) is 4.79 Å². The summed E-state index contributed by atoms with van der Waals surface area (Å²) >= 11 is 3.66. The molecule has 1 N–H and O–H groups in total. The number of alkyl halides is 1. The molecule has 4 bridgehead atoms. The van der Waals surface area contributed by atoms with Gasteiger partial charge in [-0.15, -0.1) is 0 Å². The SMILES string of the molecule is CCCC(Br)CNC(=O)C12CC3CC(CC(C3)C1)C2. The topological polar surface area (TPSA) is 29.1 Å². The summed E-state index contributed by atoms with van der Waals surface area (Å²) in [6.07, 6.45) is 10.0. The molecule has 0 radical (unpaired) electrons. The fourth-order valence-electron chi connectivity index (χ4n) is 5.19. The molecule has 0 heterocycles. The van der Waals surface area contributed by atoms with Gasteiger partial charge in [0.1, 0.15) is 0 Å². The molecule has 0 aromatic heterocycles. The molecular weight excluding hydrogens is 302 g/mol. The van der Waals surface area contributed by atoms with Crippen molar-refractivity contribution in [3.63, 3.8) is 0 Å². The lowest BCUT2D eigenvalue weighted by Gasteiger charge is -2.55. The van der Waals surface area contributed by atoms with Crippen LogP contribution < -0.4 is 5.32 Å². The maximum absolute atomic E-state index is 12.7. The number of hydrogen-bond donors (Lipinski definition) is 1. The van der Waals surface area contributed by atoms with Gasteiger partial charge in [-0.2, -0.15) is 0 Å². The van der Waals surface area contributed by atoms with E-state index in [-0.39, 0.29) is 5.41 Å². The lowest BCUT2D eigenvalue weighted by Crippen LogP contribution is -2.54. The van der Waals surface area contributed by atoms with Gasteiger partial charge in [-0.1, -0.05) is 29.3 Å². The highest BCUT2D eigenvalue weighted by atomic mass is 79.9. The maximum atomic E-state index is 12.7. The van der Waals surface area contributed by atoms with Gasteiger partial charge in [-0.3, -0.25) is 4.79 Å². The minimum atomic E-state index is 0.0215. The first kappa shape index (κ1) is 13.9. The molecule has 3 heteroatoms. The molecule has 4 rings (SSSR count). The van der Waals surface area contributed by atoms with E-state index in [1.807, 2.05) is 0 Å². The van der Waals surface area contributed by atoms with Gasteiger partial charge in [-0.05, 0) is 62.7 Å². The Hall–Kier alpha value is -0.0500. The van der Waals surface area contributed by atoms with E-state index in [0.717, 1.165) is 30.7 Å². The molecule has 4 fully saturated rings. The van der Waals surface area contributed by atoms with Gasteiger partial charge in [0.15, 0.2) is 0 Å². The average Bonchev–Trinajstić information content (AvgIpc) is 2.34. The van der Waals surface area contributed by atoms with Gasteiger partial charge in [0.25, 0.3) is 0 Å². The maximum Gasteiger partial charge on any atom is 0.226 e. The molecule has 0 saturated heterocycles. The number of halogens is 1. The standard InChI is InChI=1S/C16H26BrNO/c1-2-3-14(17)10-18-15(19)16-7-11-4-12(8-16)6-13(5-11)9-16/h11-14H,2-10H2,1H3,(H,18,19). The summed E-state index contributed by atoms with van der Waals surface area (Å²) in [7, 11) is 0. The number of hydrogen-bond acceptors (Lipinski definition) is 1. The molecule has 4 aliphatic carbocycles. The Kier molecular flexibility index (Phi) is 3.94. The Morgan fingerprint density at radius 1 is 1.21 bits per heavy atom. The Balaban J connectivity index is 1.60. The van der Waals surface area contributed by atoms with Crippen LogP contribution in [0.4, 0.5) is 0 Å². The van der Waals surface area contributed by atoms with Gasteiger partial charge in [0.05, 0.1) is 0 Å². The van der Waals surface area contributed by atoms with Crippen LogP contribution in [0.2, 0.25) is 0 Å². The summed E-state index contributed by atoms with van der Waals surface area (Å²) in [4.78, 5) is 13.1. The second-order valence-electron chi connectivity index (χ2n) is 7.29. The Labute approximate surface area is 125 Å². The van der Waals surface area contributed by atoms with E-state index in [1.165, 1.54) is 44.9 Å². The first-order valence-corrected chi connectivity index (χ1v) is 8.95. The van der Waals surface area contributed by atoms with Crippen LogP contribution in [0.1, 0.15) is 58.3 Å². The van der Waals surface area contributed by atoms with E-state index in [1.54, 1.807) is 0 Å². The van der Waals surface area contributed by atoms with Crippen molar-refractivity contribution in [2.24, 2.45) is 23.2 Å². The molecule has 4 saturated carbocycles. The zero-order valence-electron chi connectivity index (χ0n) is 12.0. The Morgan fingerprint density at radius 2 is 1.74 bits per heavy atom. The van der Waals surface area contributed by atoms with Crippen molar-refractivity contribution in [3.8, 4) is 0 Å². The van der Waals surface area contributed by atoms with Crippen molar-refractivity contribution in [2.45, 2.75) is 63.1 Å². The van der Waals surface area contributed by atoms with Crippen LogP contribution in [0.25, 0.3) is 0 Å². The number of nitrogens with one attached hydrogen (secondary N) is 1.